The molecule has 0 amide bonds. The minimum Gasteiger partial charge on any atom is -0.489 e. The van der Waals surface area contributed by atoms with E-state index in [9.17, 15) is 5.26 Å². The van der Waals surface area contributed by atoms with Crippen LogP contribution < -0.4 is 4.74 Å². The highest BCUT2D eigenvalue weighted by Crippen LogP contribution is 2.34. The van der Waals surface area contributed by atoms with Crippen molar-refractivity contribution < 1.29 is 4.74 Å². The molecule has 1 aromatic rings. The third-order valence-corrected chi connectivity index (χ3v) is 4.53. The summed E-state index contributed by atoms with van der Waals surface area (Å²) in [4.78, 5) is 0.997. The van der Waals surface area contributed by atoms with E-state index in [4.69, 9.17) is 4.74 Å². The monoisotopic (exact) mass is 275 g/mol. The molecular weight excluding hydrogens is 254 g/mol. The van der Waals surface area contributed by atoms with Gasteiger partial charge in [-0.2, -0.15) is 5.26 Å². The van der Waals surface area contributed by atoms with Gasteiger partial charge in [0.05, 0.1) is 6.10 Å². The molecule has 0 saturated heterocycles. The Labute approximate surface area is 120 Å². The van der Waals surface area contributed by atoms with Crippen LogP contribution in [-0.2, 0) is 0 Å². The van der Waals surface area contributed by atoms with Crippen LogP contribution in [0.1, 0.15) is 38.7 Å². The molecule has 1 fully saturated rings. The van der Waals surface area contributed by atoms with Gasteiger partial charge in [0.1, 0.15) is 17.4 Å². The third kappa shape index (κ3) is 3.45. The van der Waals surface area contributed by atoms with Crippen molar-refractivity contribution in [3.8, 4) is 11.8 Å². The van der Waals surface area contributed by atoms with E-state index in [0.29, 0.717) is 17.4 Å². The van der Waals surface area contributed by atoms with Gasteiger partial charge in [0.2, 0.25) is 0 Å². The molecule has 0 bridgehead atoms. The molecule has 0 radical (unpaired) electrons. The molecule has 1 aromatic carbocycles. The Balaban J connectivity index is 2.17. The van der Waals surface area contributed by atoms with Gasteiger partial charge >= 0.3 is 0 Å². The first-order valence-corrected chi connectivity index (χ1v) is 8.10. The number of benzene rings is 1. The van der Waals surface area contributed by atoms with E-state index in [1.54, 1.807) is 11.8 Å². The zero-order valence-corrected chi connectivity index (χ0v) is 12.7. The van der Waals surface area contributed by atoms with Crippen LogP contribution in [0, 0.1) is 23.2 Å². The lowest BCUT2D eigenvalue weighted by atomic mass is 9.82. The van der Waals surface area contributed by atoms with Crippen LogP contribution in [0.25, 0.3) is 0 Å². The van der Waals surface area contributed by atoms with Gasteiger partial charge in [-0.15, -0.1) is 11.8 Å². The summed E-state index contributed by atoms with van der Waals surface area (Å²) in [5.74, 6) is 2.17. The Bertz CT molecular complexity index is 470. The lowest BCUT2D eigenvalue weighted by Crippen LogP contribution is -2.28. The van der Waals surface area contributed by atoms with Gasteiger partial charge in [0.25, 0.3) is 0 Å². The second kappa shape index (κ2) is 6.34. The maximum absolute atomic E-state index is 9.32. The average molecular weight is 275 g/mol. The molecule has 19 heavy (non-hydrogen) atoms. The van der Waals surface area contributed by atoms with Crippen molar-refractivity contribution in [3.63, 3.8) is 0 Å². The number of thioether (sulfide) groups is 1. The Hall–Kier alpha value is -1.14. The van der Waals surface area contributed by atoms with Crippen LogP contribution in [0.5, 0.6) is 5.75 Å². The molecule has 0 N–H and O–H groups in total. The van der Waals surface area contributed by atoms with Crippen molar-refractivity contribution in [1.82, 2.24) is 0 Å². The SMILES string of the molecule is CSc1cccc(OC2CC(C)CC(C)C2)c1C#N. The first-order valence-electron chi connectivity index (χ1n) is 6.87. The molecule has 2 atom stereocenters. The van der Waals surface area contributed by atoms with E-state index in [1.807, 2.05) is 24.5 Å². The second-order valence-corrected chi connectivity index (χ2v) is 6.45. The van der Waals surface area contributed by atoms with Crippen LogP contribution in [0.15, 0.2) is 23.1 Å². The predicted octanol–water partition coefficient (Wildman–Crippen LogP) is 4.48. The molecule has 3 heteroatoms. The number of nitriles is 1. The van der Waals surface area contributed by atoms with E-state index >= 15 is 0 Å². The fourth-order valence-corrected chi connectivity index (χ4v) is 3.60. The fraction of sp³-hybridized carbons (Fsp3) is 0.562. The van der Waals surface area contributed by atoms with E-state index < -0.39 is 0 Å². The molecule has 2 unspecified atom stereocenters. The molecule has 2 nitrogen and oxygen atoms in total. The van der Waals surface area contributed by atoms with Crippen molar-refractivity contribution in [2.24, 2.45) is 11.8 Å². The maximum atomic E-state index is 9.32. The normalized spacial score (nSPS) is 26.7. The van der Waals surface area contributed by atoms with Gasteiger partial charge < -0.3 is 4.74 Å². The first kappa shape index (κ1) is 14.3. The van der Waals surface area contributed by atoms with Gasteiger partial charge in [-0.05, 0) is 49.5 Å². The molecule has 1 saturated carbocycles. The van der Waals surface area contributed by atoms with E-state index in [1.165, 1.54) is 6.42 Å². The smallest absolute Gasteiger partial charge is 0.138 e. The highest BCUT2D eigenvalue weighted by Gasteiger charge is 2.26. The van der Waals surface area contributed by atoms with Crippen LogP contribution in [0.4, 0.5) is 0 Å². The molecule has 0 heterocycles. The zero-order valence-electron chi connectivity index (χ0n) is 11.8. The van der Waals surface area contributed by atoms with Gasteiger partial charge in [-0.25, -0.2) is 0 Å². The zero-order chi connectivity index (χ0) is 13.8. The van der Waals surface area contributed by atoms with Crippen molar-refractivity contribution in [2.75, 3.05) is 6.26 Å². The van der Waals surface area contributed by atoms with Crippen molar-refractivity contribution >= 4 is 11.8 Å². The van der Waals surface area contributed by atoms with E-state index in [-0.39, 0.29) is 6.10 Å². The summed E-state index contributed by atoms with van der Waals surface area (Å²) >= 11 is 1.59. The van der Waals surface area contributed by atoms with Crippen LogP contribution in [-0.4, -0.2) is 12.4 Å². The summed E-state index contributed by atoms with van der Waals surface area (Å²) in [5.41, 5.74) is 0.681. The summed E-state index contributed by atoms with van der Waals surface area (Å²) in [7, 11) is 0. The van der Waals surface area contributed by atoms with Crippen molar-refractivity contribution in [3.05, 3.63) is 23.8 Å². The highest BCUT2D eigenvalue weighted by molar-refractivity contribution is 7.98. The van der Waals surface area contributed by atoms with Crippen LogP contribution in [0.3, 0.4) is 0 Å². The van der Waals surface area contributed by atoms with Crippen molar-refractivity contribution in [2.45, 2.75) is 44.1 Å². The Morgan fingerprint density at radius 2 is 1.89 bits per heavy atom. The topological polar surface area (TPSA) is 33.0 Å². The van der Waals surface area contributed by atoms with Crippen LogP contribution >= 0.6 is 11.8 Å². The standard InChI is InChI=1S/C16H21NOS/c1-11-7-12(2)9-13(8-11)18-15-5-4-6-16(19-3)14(15)10-17/h4-6,11-13H,7-9H2,1-3H3. The number of hydrogen-bond acceptors (Lipinski definition) is 3. The van der Waals surface area contributed by atoms with Gasteiger partial charge in [0.15, 0.2) is 0 Å². The van der Waals surface area contributed by atoms with E-state index in [0.717, 1.165) is 23.5 Å². The predicted molar refractivity (Wildman–Crippen MR) is 79.5 cm³/mol. The molecule has 1 aliphatic rings. The molecule has 0 aromatic heterocycles. The fourth-order valence-electron chi connectivity index (χ4n) is 3.04. The molecule has 1 aliphatic carbocycles. The summed E-state index contributed by atoms with van der Waals surface area (Å²) in [5, 5.41) is 9.32. The first-order chi connectivity index (χ1) is 9.13. The lowest BCUT2D eigenvalue weighted by Gasteiger charge is -2.32. The Kier molecular flexibility index (Phi) is 4.76. The summed E-state index contributed by atoms with van der Waals surface area (Å²) < 4.78 is 6.12. The summed E-state index contributed by atoms with van der Waals surface area (Å²) in [6, 6.07) is 8.14. The van der Waals surface area contributed by atoms with Gasteiger partial charge in [0, 0.05) is 4.90 Å². The number of hydrogen-bond donors (Lipinski definition) is 0. The molecule has 0 aliphatic heterocycles. The Morgan fingerprint density at radius 1 is 1.21 bits per heavy atom. The molecule has 0 spiro atoms. The molecule has 2 rings (SSSR count). The number of ether oxygens (including phenoxy) is 1. The number of nitrogens with zero attached hydrogens (tertiary/aromatic N) is 1. The summed E-state index contributed by atoms with van der Waals surface area (Å²) in [6.07, 6.45) is 5.72. The lowest BCUT2D eigenvalue weighted by molar-refractivity contribution is 0.100. The Morgan fingerprint density at radius 3 is 2.47 bits per heavy atom. The van der Waals surface area contributed by atoms with Crippen molar-refractivity contribution in [1.29, 1.82) is 5.26 Å². The minimum atomic E-state index is 0.253. The van der Waals surface area contributed by atoms with Gasteiger partial charge in [-0.1, -0.05) is 19.9 Å². The quantitative estimate of drug-likeness (QED) is 0.762. The largest absolute Gasteiger partial charge is 0.489 e. The average Bonchev–Trinajstić information content (AvgIpc) is 2.37. The molecule has 102 valence electrons. The third-order valence-electron chi connectivity index (χ3n) is 3.75. The minimum absolute atomic E-state index is 0.253. The highest BCUT2D eigenvalue weighted by atomic mass is 32.2. The maximum Gasteiger partial charge on any atom is 0.138 e. The molecular formula is C16H21NOS. The number of rotatable bonds is 3. The van der Waals surface area contributed by atoms with Crippen LogP contribution in [0.2, 0.25) is 0 Å². The van der Waals surface area contributed by atoms with E-state index in [2.05, 4.69) is 19.9 Å². The van der Waals surface area contributed by atoms with Gasteiger partial charge in [-0.3, -0.25) is 0 Å². The summed E-state index contributed by atoms with van der Waals surface area (Å²) in [6.45, 7) is 4.57. The second-order valence-electron chi connectivity index (χ2n) is 5.60.